The molecule has 0 aliphatic carbocycles. The molecule has 270 valence electrons. The van der Waals surface area contributed by atoms with Gasteiger partial charge in [0.05, 0.1) is 0 Å². The van der Waals surface area contributed by atoms with Crippen LogP contribution in [-0.2, 0) is 18.8 Å². The number of ether oxygens (including phenoxy) is 1. The average Bonchev–Trinajstić information content (AvgIpc) is 3.05. The predicted molar refractivity (Wildman–Crippen MR) is 210 cm³/mol. The van der Waals surface area contributed by atoms with Gasteiger partial charge in [-0.25, -0.2) is 9.13 Å². The minimum Gasteiger partial charge on any atom is -0.377 e. The lowest BCUT2D eigenvalue weighted by molar-refractivity contribution is -0.683. The summed E-state index contributed by atoms with van der Waals surface area (Å²) in [5, 5.41) is 11.1. The van der Waals surface area contributed by atoms with Crippen molar-refractivity contribution in [1.82, 2.24) is 0 Å². The van der Waals surface area contributed by atoms with Crippen molar-refractivity contribution >= 4 is 0 Å². The minimum atomic E-state index is -0.594. The molecule has 0 fully saturated rings. The fourth-order valence-corrected chi connectivity index (χ4v) is 7.38. The molecule has 0 radical (unpaired) electrons. The number of benzene rings is 2. The molecule has 0 bridgehead atoms. The number of aliphatic hydroxyl groups is 1. The molecule has 2 aromatic carbocycles. The van der Waals surface area contributed by atoms with E-state index in [-0.39, 0.29) is 6.10 Å². The molecule has 4 aromatic rings. The van der Waals surface area contributed by atoms with Crippen LogP contribution in [0.1, 0.15) is 140 Å². The number of methoxy groups -OCH3 is 1. The minimum absolute atomic E-state index is 0.0430. The second kappa shape index (κ2) is 18.6. The van der Waals surface area contributed by atoms with Crippen LogP contribution in [0.5, 0.6) is 0 Å². The van der Waals surface area contributed by atoms with Crippen LogP contribution < -0.4 is 9.13 Å². The summed E-state index contributed by atoms with van der Waals surface area (Å²) in [7, 11) is 5.93. The van der Waals surface area contributed by atoms with Gasteiger partial charge in [-0.05, 0) is 176 Å². The molecule has 0 aliphatic rings. The van der Waals surface area contributed by atoms with Gasteiger partial charge in [0.25, 0.3) is 0 Å². The van der Waals surface area contributed by atoms with E-state index in [9.17, 15) is 5.11 Å². The van der Waals surface area contributed by atoms with Crippen LogP contribution in [0.2, 0.25) is 0 Å². The third kappa shape index (κ3) is 9.07. The highest BCUT2D eigenvalue weighted by Crippen LogP contribution is 2.36. The molecule has 2 unspecified atom stereocenters. The van der Waals surface area contributed by atoms with Gasteiger partial charge in [0.1, 0.15) is 14.1 Å². The molecule has 2 atom stereocenters. The lowest BCUT2D eigenvalue weighted by atomic mass is 9.85. The number of aryl methyl sites for hydroxylation is 6. The van der Waals surface area contributed by atoms with Crippen LogP contribution in [0.4, 0.5) is 0 Å². The Balaban J connectivity index is 0.000000445. The van der Waals surface area contributed by atoms with Gasteiger partial charge < -0.3 is 9.84 Å². The van der Waals surface area contributed by atoms with E-state index in [0.717, 1.165) is 16.8 Å². The molecule has 0 spiro atoms. The second-order valence-corrected chi connectivity index (χ2v) is 13.5. The van der Waals surface area contributed by atoms with E-state index < -0.39 is 6.10 Å². The van der Waals surface area contributed by atoms with E-state index in [4.69, 9.17) is 4.74 Å². The quantitative estimate of drug-likeness (QED) is 0.215. The molecule has 0 saturated heterocycles. The van der Waals surface area contributed by atoms with Crippen LogP contribution in [-0.4, -0.2) is 12.2 Å². The summed E-state index contributed by atoms with van der Waals surface area (Å²) in [4.78, 5) is 0. The van der Waals surface area contributed by atoms with Crippen molar-refractivity contribution in [3.05, 3.63) is 125 Å². The highest BCUT2D eigenvalue weighted by molar-refractivity contribution is 5.53. The van der Waals surface area contributed by atoms with Crippen molar-refractivity contribution < 1.29 is 19.0 Å². The summed E-state index contributed by atoms with van der Waals surface area (Å²) in [6.45, 7) is 38.3. The second-order valence-electron chi connectivity index (χ2n) is 13.5. The van der Waals surface area contributed by atoms with Gasteiger partial charge in [0, 0.05) is 29.4 Å². The summed E-state index contributed by atoms with van der Waals surface area (Å²) in [5.74, 6) is 0. The molecule has 2 heterocycles. The predicted octanol–water partition coefficient (Wildman–Crippen LogP) is 10.2. The fraction of sp³-hybridized carbons (Fsp3) is 0.511. The standard InChI is InChI=1S/C21H30NO.C20H28NO.2C2H6/c1-12-10-13(2)20(22(8)11-12)21(23-9)19-17(6)15(4)14(3)16(5)18(19)7;1-11-9-12(2)19(21(8)10-11)20(22)18-16(6)14(4)13(3)15(5)17(18)7;2*1-2/h10-11,21H,1-9H3;9-10,20,22H,1-8H3;2*1-2H3/q2*+1;;. The number of nitrogens with zero attached hydrogens (tertiary/aromatic N) is 2. The summed E-state index contributed by atoms with van der Waals surface area (Å²) >= 11 is 0. The highest BCUT2D eigenvalue weighted by Gasteiger charge is 2.30. The first kappa shape index (κ1) is 43.7. The molecule has 0 aliphatic heterocycles. The van der Waals surface area contributed by atoms with Gasteiger partial charge in [0.15, 0.2) is 24.6 Å². The number of aromatic nitrogens is 2. The molecular formula is C45H70N2O2+2. The number of aliphatic hydroxyl groups excluding tert-OH is 1. The Kier molecular flexibility index (Phi) is 16.6. The molecule has 4 nitrogen and oxygen atoms in total. The Morgan fingerprint density at radius 2 is 0.755 bits per heavy atom. The van der Waals surface area contributed by atoms with Gasteiger partial charge in [0.2, 0.25) is 11.4 Å². The maximum atomic E-state index is 11.1. The molecular weight excluding hydrogens is 601 g/mol. The average molecular weight is 671 g/mol. The van der Waals surface area contributed by atoms with Gasteiger partial charge in [-0.2, -0.15) is 0 Å². The zero-order chi connectivity index (χ0) is 38.2. The maximum absolute atomic E-state index is 11.1. The van der Waals surface area contributed by atoms with Crippen LogP contribution in [0.15, 0.2) is 24.5 Å². The first-order chi connectivity index (χ1) is 22.9. The summed E-state index contributed by atoms with van der Waals surface area (Å²) in [5.41, 5.74) is 22.6. The van der Waals surface area contributed by atoms with Gasteiger partial charge in [-0.3, -0.25) is 0 Å². The Bertz CT molecular complexity index is 1660. The lowest BCUT2D eigenvalue weighted by Crippen LogP contribution is -2.37. The van der Waals surface area contributed by atoms with Crippen LogP contribution >= 0.6 is 0 Å². The fourth-order valence-electron chi connectivity index (χ4n) is 7.38. The van der Waals surface area contributed by atoms with Crippen molar-refractivity contribution in [3.8, 4) is 0 Å². The summed E-state index contributed by atoms with van der Waals surface area (Å²) in [6, 6.07) is 4.37. The van der Waals surface area contributed by atoms with E-state index in [1.54, 1.807) is 0 Å². The van der Waals surface area contributed by atoms with E-state index in [2.05, 4.69) is 138 Å². The first-order valence-corrected chi connectivity index (χ1v) is 18.1. The smallest absolute Gasteiger partial charge is 0.217 e. The van der Waals surface area contributed by atoms with E-state index >= 15 is 0 Å². The van der Waals surface area contributed by atoms with Crippen LogP contribution in [0.25, 0.3) is 0 Å². The van der Waals surface area contributed by atoms with Crippen molar-refractivity contribution in [1.29, 1.82) is 0 Å². The van der Waals surface area contributed by atoms with Gasteiger partial charge in [-0.15, -0.1) is 0 Å². The third-order valence-electron chi connectivity index (χ3n) is 10.6. The van der Waals surface area contributed by atoms with Gasteiger partial charge in [-0.1, -0.05) is 27.7 Å². The monoisotopic (exact) mass is 671 g/mol. The molecule has 4 rings (SSSR count). The Labute approximate surface area is 301 Å². The number of hydrogen-bond acceptors (Lipinski definition) is 2. The molecule has 4 heteroatoms. The summed E-state index contributed by atoms with van der Waals surface area (Å²) < 4.78 is 10.3. The van der Waals surface area contributed by atoms with Crippen LogP contribution in [0, 0.1) is 96.9 Å². The number of pyridine rings is 2. The normalized spacial score (nSPS) is 11.8. The molecule has 2 aromatic heterocycles. The third-order valence-corrected chi connectivity index (χ3v) is 10.6. The zero-order valence-electron chi connectivity index (χ0n) is 35.2. The van der Waals surface area contributed by atoms with Crippen molar-refractivity contribution in [3.63, 3.8) is 0 Å². The van der Waals surface area contributed by atoms with Gasteiger partial charge >= 0.3 is 0 Å². The SMILES string of the molecule is CC.CC.COC(c1c(C)c(C)c(C)c(C)c1C)c1c(C)cc(C)c[n+]1C.Cc1cc(C)c(C(O)c2c(C)c(C)c(C)c(C)c2C)[n+](C)c1. The zero-order valence-corrected chi connectivity index (χ0v) is 35.2. The number of hydrogen-bond donors (Lipinski definition) is 1. The first-order valence-electron chi connectivity index (χ1n) is 18.1. The topological polar surface area (TPSA) is 37.2 Å². The molecule has 0 amide bonds. The molecule has 0 saturated carbocycles. The van der Waals surface area contributed by atoms with Crippen molar-refractivity contribution in [2.75, 3.05) is 7.11 Å². The number of rotatable bonds is 5. The maximum Gasteiger partial charge on any atom is 0.217 e. The van der Waals surface area contributed by atoms with E-state index in [0.29, 0.717) is 0 Å². The lowest BCUT2D eigenvalue weighted by Gasteiger charge is -2.24. The van der Waals surface area contributed by atoms with Crippen LogP contribution in [0.3, 0.4) is 0 Å². The van der Waals surface area contributed by atoms with Crippen molar-refractivity contribution in [2.24, 2.45) is 14.1 Å². The summed E-state index contributed by atoms with van der Waals surface area (Å²) in [6.07, 6.45) is 3.61. The highest BCUT2D eigenvalue weighted by atomic mass is 16.5. The molecule has 49 heavy (non-hydrogen) atoms. The van der Waals surface area contributed by atoms with E-state index in [1.807, 2.05) is 41.9 Å². The largest absolute Gasteiger partial charge is 0.377 e. The van der Waals surface area contributed by atoms with E-state index in [1.165, 1.54) is 83.6 Å². The molecule has 1 N–H and O–H groups in total. The van der Waals surface area contributed by atoms with Crippen molar-refractivity contribution in [2.45, 2.75) is 137 Å². The Morgan fingerprint density at radius 3 is 1.06 bits per heavy atom. The Hall–Kier alpha value is -3.34. The Morgan fingerprint density at radius 1 is 0.469 bits per heavy atom.